The Labute approximate surface area is 163 Å². The molecule has 0 bridgehead atoms. The van der Waals surface area contributed by atoms with Crippen LogP contribution >= 0.6 is 0 Å². The van der Waals surface area contributed by atoms with Gasteiger partial charge in [0, 0.05) is 0 Å². The van der Waals surface area contributed by atoms with Gasteiger partial charge in [-0.3, -0.25) is 9.59 Å². The van der Waals surface area contributed by atoms with Gasteiger partial charge in [0.15, 0.2) is 0 Å². The van der Waals surface area contributed by atoms with Crippen LogP contribution in [-0.4, -0.2) is 52.8 Å². The van der Waals surface area contributed by atoms with E-state index in [4.69, 9.17) is 37.9 Å². The standard InChI is InChI=1S/C12H16N2O4.C6H14N2O2/c1-7(13)12(17)18-9-4-2-8(3-5-9)6-10(14)11(15)16;7-4-2-1-3-5(8)6(9)10/h2-5,7,10H,6,13-14H2,1H3,(H,15,16);5H,1-4,7-8H2,(H,9,10)/t7-,10-;5-/m00/s1. The van der Waals surface area contributed by atoms with Crippen molar-refractivity contribution < 1.29 is 29.3 Å². The molecule has 10 N–H and O–H groups in total. The molecular weight excluding hydrogens is 368 g/mol. The number of carboxylic acid groups (broad SMARTS) is 2. The second kappa shape index (κ2) is 13.6. The molecule has 0 aliphatic heterocycles. The minimum atomic E-state index is -1.05. The fraction of sp³-hybridized carbons (Fsp3) is 0.500. The van der Waals surface area contributed by atoms with Crippen molar-refractivity contribution in [2.45, 2.75) is 50.7 Å². The Morgan fingerprint density at radius 2 is 1.50 bits per heavy atom. The Bertz CT molecular complexity index is 621. The molecule has 0 heterocycles. The highest BCUT2D eigenvalue weighted by Crippen LogP contribution is 2.13. The summed E-state index contributed by atoms with van der Waals surface area (Å²) in [4.78, 5) is 31.9. The zero-order valence-electron chi connectivity index (χ0n) is 15.9. The number of rotatable bonds is 10. The number of ether oxygens (including phenoxy) is 1. The van der Waals surface area contributed by atoms with Gasteiger partial charge in [0.25, 0.3) is 0 Å². The van der Waals surface area contributed by atoms with E-state index in [2.05, 4.69) is 0 Å². The number of nitrogens with two attached hydrogens (primary N) is 4. The molecule has 0 aliphatic carbocycles. The number of unbranched alkanes of at least 4 members (excludes halogenated alkanes) is 1. The van der Waals surface area contributed by atoms with E-state index in [0.29, 0.717) is 18.7 Å². The number of benzene rings is 1. The van der Waals surface area contributed by atoms with Crippen LogP contribution in [0.2, 0.25) is 0 Å². The van der Waals surface area contributed by atoms with Gasteiger partial charge in [-0.2, -0.15) is 0 Å². The van der Waals surface area contributed by atoms with Crippen LogP contribution in [0, 0.1) is 0 Å². The van der Waals surface area contributed by atoms with Crippen LogP contribution in [0.3, 0.4) is 0 Å². The quantitative estimate of drug-likeness (QED) is 0.168. The Morgan fingerprint density at radius 1 is 0.964 bits per heavy atom. The van der Waals surface area contributed by atoms with Gasteiger partial charge in [-0.1, -0.05) is 18.6 Å². The summed E-state index contributed by atoms with van der Waals surface area (Å²) < 4.78 is 4.97. The molecule has 1 aromatic carbocycles. The predicted molar refractivity (Wildman–Crippen MR) is 104 cm³/mol. The Morgan fingerprint density at radius 3 is 1.93 bits per heavy atom. The number of carboxylic acids is 2. The first-order chi connectivity index (χ1) is 13.1. The maximum absolute atomic E-state index is 11.2. The van der Waals surface area contributed by atoms with Crippen LogP contribution in [-0.2, 0) is 20.8 Å². The monoisotopic (exact) mass is 398 g/mol. The van der Waals surface area contributed by atoms with Crippen LogP contribution in [0.25, 0.3) is 0 Å². The zero-order valence-corrected chi connectivity index (χ0v) is 15.9. The van der Waals surface area contributed by atoms with E-state index < -0.39 is 36.0 Å². The van der Waals surface area contributed by atoms with Gasteiger partial charge in [0.05, 0.1) is 0 Å². The molecule has 0 saturated carbocycles. The van der Waals surface area contributed by atoms with Crippen molar-refractivity contribution in [3.8, 4) is 5.75 Å². The summed E-state index contributed by atoms with van der Waals surface area (Å²) in [6.07, 6.45) is 2.38. The third-order valence-electron chi connectivity index (χ3n) is 3.57. The normalized spacial score (nSPS) is 13.5. The summed E-state index contributed by atoms with van der Waals surface area (Å²) in [6.45, 7) is 2.13. The molecule has 10 heteroatoms. The molecule has 0 fully saturated rings. The van der Waals surface area contributed by atoms with Crippen molar-refractivity contribution in [2.75, 3.05) is 6.54 Å². The SMILES string of the molecule is C[C@H](N)C(=O)Oc1ccc(C[C@H](N)C(=O)O)cc1.NCCCC[C@H](N)C(=O)O. The second-order valence-corrected chi connectivity index (χ2v) is 6.23. The molecule has 10 nitrogen and oxygen atoms in total. The van der Waals surface area contributed by atoms with E-state index in [1.807, 2.05) is 0 Å². The minimum Gasteiger partial charge on any atom is -0.480 e. The smallest absolute Gasteiger partial charge is 0.328 e. The van der Waals surface area contributed by atoms with Crippen LogP contribution < -0.4 is 27.7 Å². The lowest BCUT2D eigenvalue weighted by Gasteiger charge is -2.09. The second-order valence-electron chi connectivity index (χ2n) is 6.23. The van der Waals surface area contributed by atoms with E-state index in [1.165, 1.54) is 6.92 Å². The molecule has 0 aromatic heterocycles. The van der Waals surface area contributed by atoms with Gasteiger partial charge in [-0.05, 0) is 50.4 Å². The maximum atomic E-state index is 11.2. The lowest BCUT2D eigenvalue weighted by Crippen LogP contribution is -2.32. The van der Waals surface area contributed by atoms with Crippen molar-refractivity contribution in [3.05, 3.63) is 29.8 Å². The van der Waals surface area contributed by atoms with Gasteiger partial charge < -0.3 is 37.9 Å². The van der Waals surface area contributed by atoms with E-state index >= 15 is 0 Å². The van der Waals surface area contributed by atoms with Gasteiger partial charge in [0.1, 0.15) is 23.9 Å². The number of aliphatic carboxylic acids is 2. The molecule has 28 heavy (non-hydrogen) atoms. The molecule has 1 rings (SSSR count). The fourth-order valence-corrected chi connectivity index (χ4v) is 1.88. The minimum absolute atomic E-state index is 0.219. The number of hydrogen-bond donors (Lipinski definition) is 6. The van der Waals surface area contributed by atoms with Crippen LogP contribution in [0.4, 0.5) is 0 Å². The zero-order chi connectivity index (χ0) is 21.7. The highest BCUT2D eigenvalue weighted by atomic mass is 16.5. The van der Waals surface area contributed by atoms with E-state index in [-0.39, 0.29) is 6.42 Å². The molecular formula is C18H30N4O6. The fourth-order valence-electron chi connectivity index (χ4n) is 1.88. The summed E-state index contributed by atoms with van der Waals surface area (Å²) in [7, 11) is 0. The number of carbonyl (C=O) groups is 3. The van der Waals surface area contributed by atoms with Crippen molar-refractivity contribution >= 4 is 17.9 Å². The first kappa shape index (κ1) is 25.5. The lowest BCUT2D eigenvalue weighted by atomic mass is 10.1. The van der Waals surface area contributed by atoms with Crippen LogP contribution in [0.1, 0.15) is 31.7 Å². The Kier molecular flexibility index (Phi) is 12.4. The van der Waals surface area contributed by atoms with Crippen molar-refractivity contribution in [2.24, 2.45) is 22.9 Å². The third-order valence-corrected chi connectivity index (χ3v) is 3.57. The lowest BCUT2D eigenvalue weighted by molar-refractivity contribution is -0.139. The molecule has 0 radical (unpaired) electrons. The van der Waals surface area contributed by atoms with Gasteiger partial charge in [0.2, 0.25) is 0 Å². The maximum Gasteiger partial charge on any atom is 0.328 e. The Hall–Kier alpha value is -2.53. The van der Waals surface area contributed by atoms with E-state index in [1.54, 1.807) is 24.3 Å². The van der Waals surface area contributed by atoms with Crippen molar-refractivity contribution in [1.29, 1.82) is 0 Å². The number of hydrogen-bond acceptors (Lipinski definition) is 8. The number of carbonyl (C=O) groups excluding carboxylic acids is 1. The van der Waals surface area contributed by atoms with Crippen molar-refractivity contribution in [3.63, 3.8) is 0 Å². The molecule has 0 spiro atoms. The first-order valence-electron chi connectivity index (χ1n) is 8.81. The predicted octanol–water partition coefficient (Wildman–Crippen LogP) is -0.579. The third kappa shape index (κ3) is 11.2. The van der Waals surface area contributed by atoms with E-state index in [9.17, 15) is 14.4 Å². The summed E-state index contributed by atoms with van der Waals surface area (Å²) in [5.41, 5.74) is 21.9. The molecule has 0 saturated heterocycles. The summed E-state index contributed by atoms with van der Waals surface area (Å²) in [5, 5.41) is 17.0. The van der Waals surface area contributed by atoms with Gasteiger partial charge in [-0.25, -0.2) is 4.79 Å². The summed E-state index contributed by atoms with van der Waals surface area (Å²) in [6, 6.07) is 4.12. The van der Waals surface area contributed by atoms with E-state index in [0.717, 1.165) is 18.4 Å². The summed E-state index contributed by atoms with van der Waals surface area (Å²) >= 11 is 0. The average molecular weight is 398 g/mol. The van der Waals surface area contributed by atoms with Crippen molar-refractivity contribution in [1.82, 2.24) is 0 Å². The highest BCUT2D eigenvalue weighted by Gasteiger charge is 2.13. The molecule has 1 aromatic rings. The molecule has 0 amide bonds. The van der Waals surface area contributed by atoms with Crippen LogP contribution in [0.15, 0.2) is 24.3 Å². The molecule has 0 unspecified atom stereocenters. The largest absolute Gasteiger partial charge is 0.480 e. The first-order valence-corrected chi connectivity index (χ1v) is 8.81. The average Bonchev–Trinajstić information content (AvgIpc) is 2.63. The molecule has 0 aliphatic rings. The molecule has 158 valence electrons. The van der Waals surface area contributed by atoms with Crippen LogP contribution in [0.5, 0.6) is 5.75 Å². The molecule has 3 atom stereocenters. The Balaban J connectivity index is 0.000000621. The van der Waals surface area contributed by atoms with Gasteiger partial charge in [-0.15, -0.1) is 0 Å². The number of esters is 1. The topological polar surface area (TPSA) is 205 Å². The highest BCUT2D eigenvalue weighted by molar-refractivity contribution is 5.77. The van der Waals surface area contributed by atoms with Gasteiger partial charge >= 0.3 is 17.9 Å². The summed E-state index contributed by atoms with van der Waals surface area (Å²) in [5.74, 6) is -2.14.